The molecule has 0 spiro atoms. The molecule has 1 amide bonds. The maximum Gasteiger partial charge on any atom is 0.252 e. The fourth-order valence-electron chi connectivity index (χ4n) is 3.88. The van der Waals surface area contributed by atoms with Gasteiger partial charge in [0.2, 0.25) is 0 Å². The second kappa shape index (κ2) is 9.32. The fraction of sp³-hybridized carbons (Fsp3) is 0.185. The average molecular weight is 429 g/mol. The van der Waals surface area contributed by atoms with Crippen LogP contribution < -0.4 is 5.32 Å². The molecular formula is C27H25ClN2O. The molecule has 4 aromatic rings. The Bertz CT molecular complexity index is 1200. The van der Waals surface area contributed by atoms with Gasteiger partial charge in [-0.1, -0.05) is 72.3 Å². The zero-order chi connectivity index (χ0) is 21.8. The third kappa shape index (κ3) is 4.78. The number of nitrogens with zero attached hydrogens (tertiary/aromatic N) is 1. The summed E-state index contributed by atoms with van der Waals surface area (Å²) >= 11 is 6.06. The minimum Gasteiger partial charge on any atom is -0.350 e. The van der Waals surface area contributed by atoms with E-state index in [1.165, 1.54) is 5.56 Å². The van der Waals surface area contributed by atoms with Gasteiger partial charge >= 0.3 is 0 Å². The molecule has 1 unspecified atom stereocenters. The summed E-state index contributed by atoms with van der Waals surface area (Å²) in [4.78, 5) is 18.2. The molecule has 156 valence electrons. The molecule has 4 rings (SSSR count). The van der Waals surface area contributed by atoms with Crippen LogP contribution in [0.1, 0.15) is 34.8 Å². The Balaban J connectivity index is 1.64. The molecule has 1 heterocycles. The van der Waals surface area contributed by atoms with Gasteiger partial charge < -0.3 is 5.32 Å². The van der Waals surface area contributed by atoms with Crippen LogP contribution in [0.15, 0.2) is 78.9 Å². The summed E-state index contributed by atoms with van der Waals surface area (Å²) in [6, 6.07) is 25.8. The summed E-state index contributed by atoms with van der Waals surface area (Å²) < 4.78 is 0. The first kappa shape index (κ1) is 21.1. The van der Waals surface area contributed by atoms with E-state index < -0.39 is 0 Å². The van der Waals surface area contributed by atoms with E-state index in [4.69, 9.17) is 16.6 Å². The first-order valence-electron chi connectivity index (χ1n) is 10.5. The summed E-state index contributed by atoms with van der Waals surface area (Å²) in [5.41, 5.74) is 5.38. The van der Waals surface area contributed by atoms with Crippen LogP contribution in [0.25, 0.3) is 22.2 Å². The smallest absolute Gasteiger partial charge is 0.252 e. The normalized spacial score (nSPS) is 12.0. The lowest BCUT2D eigenvalue weighted by molar-refractivity contribution is 0.0939. The van der Waals surface area contributed by atoms with Crippen LogP contribution in [0.3, 0.4) is 0 Å². The summed E-state index contributed by atoms with van der Waals surface area (Å²) in [7, 11) is 0. The van der Waals surface area contributed by atoms with E-state index in [0.717, 1.165) is 40.6 Å². The second-order valence-corrected chi connectivity index (χ2v) is 8.32. The van der Waals surface area contributed by atoms with Crippen LogP contribution in [-0.2, 0) is 6.42 Å². The first-order valence-corrected chi connectivity index (χ1v) is 10.9. The van der Waals surface area contributed by atoms with Crippen molar-refractivity contribution in [3.63, 3.8) is 0 Å². The van der Waals surface area contributed by atoms with Gasteiger partial charge in [-0.3, -0.25) is 4.79 Å². The molecule has 1 aromatic heterocycles. The van der Waals surface area contributed by atoms with Crippen molar-refractivity contribution in [3.05, 3.63) is 101 Å². The Morgan fingerprint density at radius 2 is 1.65 bits per heavy atom. The van der Waals surface area contributed by atoms with E-state index in [0.29, 0.717) is 10.6 Å². The number of carbonyl (C=O) groups is 1. The Morgan fingerprint density at radius 3 is 2.39 bits per heavy atom. The largest absolute Gasteiger partial charge is 0.350 e. The first-order chi connectivity index (χ1) is 15.0. The summed E-state index contributed by atoms with van der Waals surface area (Å²) in [6.07, 6.45) is 1.80. The highest BCUT2D eigenvalue weighted by Gasteiger charge is 2.20. The Hall–Kier alpha value is -3.17. The van der Waals surface area contributed by atoms with Crippen molar-refractivity contribution in [1.29, 1.82) is 0 Å². The molecule has 31 heavy (non-hydrogen) atoms. The van der Waals surface area contributed by atoms with Crippen molar-refractivity contribution in [2.24, 2.45) is 0 Å². The van der Waals surface area contributed by atoms with E-state index in [1.54, 1.807) is 0 Å². The molecule has 4 heteroatoms. The lowest BCUT2D eigenvalue weighted by Crippen LogP contribution is -2.33. The van der Waals surface area contributed by atoms with E-state index in [9.17, 15) is 4.79 Å². The standard InChI is InChI=1S/C27H25ClN2O/c1-18(12-13-20-8-4-3-5-9-20)29-27(31)25-19(2)26(21-14-16-22(28)17-15-21)30-24-11-7-6-10-23(24)25/h3-11,14-18H,12-13H2,1-2H3,(H,29,31). The number of halogens is 1. The zero-order valence-corrected chi connectivity index (χ0v) is 18.5. The van der Waals surface area contributed by atoms with Gasteiger partial charge in [0, 0.05) is 22.0 Å². The number of hydrogen-bond acceptors (Lipinski definition) is 2. The Kier molecular flexibility index (Phi) is 6.34. The molecule has 0 saturated heterocycles. The van der Waals surface area contributed by atoms with E-state index in [-0.39, 0.29) is 11.9 Å². The molecule has 0 bridgehead atoms. The number of nitrogens with one attached hydrogen (secondary N) is 1. The van der Waals surface area contributed by atoms with Crippen LogP contribution in [0, 0.1) is 6.92 Å². The van der Waals surface area contributed by atoms with Gasteiger partial charge in [-0.2, -0.15) is 0 Å². The molecule has 0 aliphatic carbocycles. The molecule has 0 radical (unpaired) electrons. The van der Waals surface area contributed by atoms with Crippen molar-refractivity contribution in [2.75, 3.05) is 0 Å². The van der Waals surface area contributed by atoms with Gasteiger partial charge in [0.25, 0.3) is 5.91 Å². The molecule has 0 aliphatic rings. The number of benzene rings is 3. The predicted molar refractivity (Wildman–Crippen MR) is 129 cm³/mol. The second-order valence-electron chi connectivity index (χ2n) is 7.88. The van der Waals surface area contributed by atoms with E-state index in [1.807, 2.05) is 73.7 Å². The fourth-order valence-corrected chi connectivity index (χ4v) is 4.01. The van der Waals surface area contributed by atoms with Crippen molar-refractivity contribution in [3.8, 4) is 11.3 Å². The summed E-state index contributed by atoms with van der Waals surface area (Å²) in [6.45, 7) is 4.02. The third-order valence-corrected chi connectivity index (χ3v) is 5.82. The Labute approximate surface area is 188 Å². The van der Waals surface area contributed by atoms with Crippen LogP contribution in [0.5, 0.6) is 0 Å². The third-order valence-electron chi connectivity index (χ3n) is 5.57. The lowest BCUT2D eigenvalue weighted by Gasteiger charge is -2.18. The molecule has 0 saturated carbocycles. The average Bonchev–Trinajstić information content (AvgIpc) is 2.78. The van der Waals surface area contributed by atoms with E-state index >= 15 is 0 Å². The molecule has 3 aromatic carbocycles. The van der Waals surface area contributed by atoms with Crippen LogP contribution in [0.4, 0.5) is 0 Å². The molecule has 0 fully saturated rings. The number of rotatable bonds is 6. The van der Waals surface area contributed by atoms with Crippen molar-refractivity contribution in [1.82, 2.24) is 10.3 Å². The number of carbonyl (C=O) groups excluding carboxylic acids is 1. The van der Waals surface area contributed by atoms with Crippen LogP contribution >= 0.6 is 11.6 Å². The highest BCUT2D eigenvalue weighted by atomic mass is 35.5. The van der Waals surface area contributed by atoms with Gasteiger partial charge in [-0.15, -0.1) is 0 Å². The number of fused-ring (bicyclic) bond motifs is 1. The number of hydrogen-bond donors (Lipinski definition) is 1. The summed E-state index contributed by atoms with van der Waals surface area (Å²) in [5, 5.41) is 4.74. The number of aryl methyl sites for hydroxylation is 1. The molecular weight excluding hydrogens is 404 g/mol. The molecule has 0 aliphatic heterocycles. The predicted octanol–water partition coefficient (Wildman–Crippen LogP) is 6.61. The minimum absolute atomic E-state index is 0.0537. The molecule has 1 atom stereocenters. The maximum absolute atomic E-state index is 13.4. The number of para-hydroxylation sites is 1. The van der Waals surface area contributed by atoms with Crippen molar-refractivity contribution in [2.45, 2.75) is 32.7 Å². The highest BCUT2D eigenvalue weighted by Crippen LogP contribution is 2.30. The van der Waals surface area contributed by atoms with Gasteiger partial charge in [-0.05, 0) is 56.0 Å². The minimum atomic E-state index is -0.0631. The molecule has 1 N–H and O–H groups in total. The van der Waals surface area contributed by atoms with Crippen molar-refractivity contribution < 1.29 is 4.79 Å². The lowest BCUT2D eigenvalue weighted by atomic mass is 9.96. The number of pyridine rings is 1. The van der Waals surface area contributed by atoms with Crippen LogP contribution in [0.2, 0.25) is 5.02 Å². The van der Waals surface area contributed by atoms with E-state index in [2.05, 4.69) is 24.4 Å². The highest BCUT2D eigenvalue weighted by molar-refractivity contribution is 6.30. The Morgan fingerprint density at radius 1 is 0.968 bits per heavy atom. The number of amides is 1. The number of aromatic nitrogens is 1. The maximum atomic E-state index is 13.4. The SMILES string of the molecule is Cc1c(-c2ccc(Cl)cc2)nc2ccccc2c1C(=O)NC(C)CCc1ccccc1. The van der Waals surface area contributed by atoms with Crippen molar-refractivity contribution >= 4 is 28.4 Å². The van der Waals surface area contributed by atoms with Gasteiger partial charge in [0.15, 0.2) is 0 Å². The quantitative estimate of drug-likeness (QED) is 0.375. The topological polar surface area (TPSA) is 42.0 Å². The van der Waals surface area contributed by atoms with Gasteiger partial charge in [0.05, 0.1) is 16.8 Å². The molecule has 3 nitrogen and oxygen atoms in total. The monoisotopic (exact) mass is 428 g/mol. The summed E-state index contributed by atoms with van der Waals surface area (Å²) in [5.74, 6) is -0.0631. The van der Waals surface area contributed by atoms with Crippen LogP contribution in [-0.4, -0.2) is 16.9 Å². The van der Waals surface area contributed by atoms with Gasteiger partial charge in [-0.25, -0.2) is 4.98 Å². The zero-order valence-electron chi connectivity index (χ0n) is 17.7. The van der Waals surface area contributed by atoms with Gasteiger partial charge in [0.1, 0.15) is 0 Å².